The predicted octanol–water partition coefficient (Wildman–Crippen LogP) is 1.95. The molecule has 0 saturated heterocycles. The standard InChI is InChI=1S/C10H21AsO2/c1-3-4-8(2)5-9(7-11)6-10(12)13/h8-9H,3-7,11H2,1-2H3,(H,12,13)/t8-,9+/m1/s1. The molecule has 0 bridgehead atoms. The molecule has 0 aliphatic rings. The van der Waals surface area contributed by atoms with Gasteiger partial charge in [0, 0.05) is 0 Å². The molecular weight excluding hydrogens is 227 g/mol. The van der Waals surface area contributed by atoms with Crippen molar-refractivity contribution in [2.75, 3.05) is 0 Å². The monoisotopic (exact) mass is 248 g/mol. The summed E-state index contributed by atoms with van der Waals surface area (Å²) in [5, 5.41) is 9.71. The van der Waals surface area contributed by atoms with Crippen molar-refractivity contribution in [1.82, 2.24) is 0 Å². The molecule has 78 valence electrons. The summed E-state index contributed by atoms with van der Waals surface area (Å²) in [6.45, 7) is 4.40. The van der Waals surface area contributed by atoms with Crippen LogP contribution in [0.15, 0.2) is 0 Å². The van der Waals surface area contributed by atoms with Crippen LogP contribution in [0.25, 0.3) is 0 Å². The predicted molar refractivity (Wildman–Crippen MR) is 57.8 cm³/mol. The second kappa shape index (κ2) is 7.43. The van der Waals surface area contributed by atoms with Crippen LogP contribution in [-0.4, -0.2) is 27.9 Å². The molecule has 0 amide bonds. The van der Waals surface area contributed by atoms with E-state index in [0.717, 1.165) is 11.6 Å². The van der Waals surface area contributed by atoms with Gasteiger partial charge in [-0.1, -0.05) is 0 Å². The number of rotatable bonds is 7. The first-order valence-electron chi connectivity index (χ1n) is 5.02. The van der Waals surface area contributed by atoms with E-state index in [1.807, 2.05) is 0 Å². The third-order valence-electron chi connectivity index (χ3n) is 2.31. The van der Waals surface area contributed by atoms with E-state index in [9.17, 15) is 4.79 Å². The van der Waals surface area contributed by atoms with Crippen molar-refractivity contribution < 1.29 is 9.90 Å². The van der Waals surface area contributed by atoms with Gasteiger partial charge in [-0.2, -0.15) is 0 Å². The molecule has 0 aliphatic carbocycles. The molecule has 0 aromatic rings. The Morgan fingerprint density at radius 3 is 2.54 bits per heavy atom. The molecule has 3 atom stereocenters. The van der Waals surface area contributed by atoms with E-state index in [1.165, 1.54) is 12.8 Å². The van der Waals surface area contributed by atoms with E-state index in [2.05, 4.69) is 13.8 Å². The Labute approximate surface area is 89.6 Å². The average molecular weight is 248 g/mol. The molecule has 13 heavy (non-hydrogen) atoms. The fourth-order valence-electron chi connectivity index (χ4n) is 1.69. The molecular formula is C10H21AsO2. The van der Waals surface area contributed by atoms with Crippen LogP contribution in [-0.2, 0) is 4.79 Å². The van der Waals surface area contributed by atoms with Crippen LogP contribution >= 0.6 is 0 Å². The van der Waals surface area contributed by atoms with Crippen molar-refractivity contribution in [1.29, 1.82) is 0 Å². The third kappa shape index (κ3) is 7.13. The molecule has 0 rings (SSSR count). The van der Waals surface area contributed by atoms with Crippen LogP contribution in [0.4, 0.5) is 0 Å². The second-order valence-corrected chi connectivity index (χ2v) is 4.82. The molecule has 0 saturated carbocycles. The number of carbonyl (C=O) groups is 1. The van der Waals surface area contributed by atoms with E-state index in [0.29, 0.717) is 18.3 Å². The van der Waals surface area contributed by atoms with Gasteiger partial charge in [0.05, 0.1) is 0 Å². The van der Waals surface area contributed by atoms with Crippen LogP contribution < -0.4 is 0 Å². The molecule has 0 spiro atoms. The minimum absolute atomic E-state index is 0.353. The van der Waals surface area contributed by atoms with Crippen molar-refractivity contribution in [2.45, 2.75) is 44.7 Å². The first kappa shape index (κ1) is 13.0. The molecule has 0 aromatic carbocycles. The van der Waals surface area contributed by atoms with Gasteiger partial charge < -0.3 is 0 Å². The zero-order valence-corrected chi connectivity index (χ0v) is 11.0. The van der Waals surface area contributed by atoms with E-state index >= 15 is 0 Å². The summed E-state index contributed by atoms with van der Waals surface area (Å²) >= 11 is 1.65. The minimum atomic E-state index is -0.647. The quantitative estimate of drug-likeness (QED) is 0.699. The van der Waals surface area contributed by atoms with Gasteiger partial charge in [0.1, 0.15) is 0 Å². The summed E-state index contributed by atoms with van der Waals surface area (Å²) < 4.78 is 0. The number of carboxylic acid groups (broad SMARTS) is 1. The zero-order chi connectivity index (χ0) is 10.3. The summed E-state index contributed by atoms with van der Waals surface area (Å²) in [6.07, 6.45) is 3.86. The molecule has 0 fully saturated rings. The number of hydrogen-bond donors (Lipinski definition) is 1. The first-order chi connectivity index (χ1) is 6.10. The molecule has 3 heteroatoms. The molecule has 1 unspecified atom stereocenters. The van der Waals surface area contributed by atoms with Gasteiger partial charge >= 0.3 is 89.3 Å². The summed E-state index contributed by atoms with van der Waals surface area (Å²) in [6, 6.07) is 0. The van der Waals surface area contributed by atoms with Gasteiger partial charge in [0.15, 0.2) is 0 Å². The SMILES string of the molecule is CCC[C@@H](C)C[C@H](C[AsH2])CC(=O)O. The molecule has 0 radical (unpaired) electrons. The Kier molecular flexibility index (Phi) is 7.45. The van der Waals surface area contributed by atoms with E-state index in [-0.39, 0.29) is 0 Å². The summed E-state index contributed by atoms with van der Waals surface area (Å²) in [4.78, 5) is 10.5. The van der Waals surface area contributed by atoms with Crippen LogP contribution in [0.3, 0.4) is 0 Å². The summed E-state index contributed by atoms with van der Waals surface area (Å²) in [5.41, 5.74) is 0. The van der Waals surface area contributed by atoms with Gasteiger partial charge in [-0.25, -0.2) is 0 Å². The second-order valence-electron chi connectivity index (χ2n) is 3.83. The molecule has 1 N–H and O–H groups in total. The maximum absolute atomic E-state index is 10.5. The average Bonchev–Trinajstić information content (AvgIpc) is 2.02. The third-order valence-corrected chi connectivity index (χ3v) is 3.71. The van der Waals surface area contributed by atoms with Gasteiger partial charge in [0.25, 0.3) is 0 Å². The van der Waals surface area contributed by atoms with Gasteiger partial charge in [-0.3, -0.25) is 0 Å². The van der Waals surface area contributed by atoms with E-state index in [1.54, 1.807) is 16.9 Å². The Balaban J connectivity index is 3.75. The van der Waals surface area contributed by atoms with Crippen molar-refractivity contribution >= 4 is 22.8 Å². The van der Waals surface area contributed by atoms with Crippen LogP contribution in [0.2, 0.25) is 5.21 Å². The molecule has 0 aliphatic heterocycles. The van der Waals surface area contributed by atoms with E-state index in [4.69, 9.17) is 5.11 Å². The van der Waals surface area contributed by atoms with Crippen LogP contribution in [0, 0.1) is 11.8 Å². The van der Waals surface area contributed by atoms with Crippen molar-refractivity contribution in [2.24, 2.45) is 11.8 Å². The number of carboxylic acids is 1. The Morgan fingerprint density at radius 1 is 1.54 bits per heavy atom. The van der Waals surface area contributed by atoms with Gasteiger partial charge in [-0.15, -0.1) is 0 Å². The zero-order valence-electron chi connectivity index (χ0n) is 8.62. The Hall–Kier alpha value is 0.0284. The Bertz CT molecular complexity index is 148. The number of hydrogen-bond acceptors (Lipinski definition) is 1. The maximum atomic E-state index is 10.5. The molecule has 0 aromatic heterocycles. The fourth-order valence-corrected chi connectivity index (χ4v) is 2.44. The first-order valence-corrected chi connectivity index (χ1v) is 6.73. The van der Waals surface area contributed by atoms with Gasteiger partial charge in [-0.05, 0) is 0 Å². The number of aliphatic carboxylic acids is 1. The summed E-state index contributed by atoms with van der Waals surface area (Å²) in [5.74, 6) is 0.440. The van der Waals surface area contributed by atoms with Crippen LogP contribution in [0.1, 0.15) is 39.5 Å². The topological polar surface area (TPSA) is 37.3 Å². The Morgan fingerprint density at radius 2 is 2.15 bits per heavy atom. The molecule has 2 nitrogen and oxygen atoms in total. The van der Waals surface area contributed by atoms with Crippen molar-refractivity contribution in [3.8, 4) is 0 Å². The molecule has 0 heterocycles. The van der Waals surface area contributed by atoms with E-state index < -0.39 is 5.97 Å². The normalized spacial score (nSPS) is 15.3. The van der Waals surface area contributed by atoms with Gasteiger partial charge in [0.2, 0.25) is 0 Å². The van der Waals surface area contributed by atoms with Crippen molar-refractivity contribution in [3.05, 3.63) is 0 Å². The summed E-state index contributed by atoms with van der Waals surface area (Å²) in [7, 11) is 0. The van der Waals surface area contributed by atoms with Crippen molar-refractivity contribution in [3.63, 3.8) is 0 Å². The van der Waals surface area contributed by atoms with Crippen LogP contribution in [0.5, 0.6) is 0 Å². The fraction of sp³-hybridized carbons (Fsp3) is 0.900.